The van der Waals surface area contributed by atoms with Gasteiger partial charge in [-0.15, -0.1) is 0 Å². The van der Waals surface area contributed by atoms with Crippen LogP contribution in [-0.4, -0.2) is 55.1 Å². The summed E-state index contributed by atoms with van der Waals surface area (Å²) in [6.07, 6.45) is 0.460. The molecule has 1 saturated heterocycles. The highest BCUT2D eigenvalue weighted by atomic mass is 35.5. The van der Waals surface area contributed by atoms with Crippen molar-refractivity contribution in [3.8, 4) is 0 Å². The highest BCUT2D eigenvalue weighted by Gasteiger charge is 2.39. The molecule has 172 valence electrons. The molecule has 0 aromatic heterocycles. The predicted molar refractivity (Wildman–Crippen MR) is 122 cm³/mol. The number of alkyl halides is 2. The fraction of sp³-hybridized carbons (Fsp3) is 0.458. The summed E-state index contributed by atoms with van der Waals surface area (Å²) in [5, 5.41) is 0.891. The first-order chi connectivity index (χ1) is 15.3. The van der Waals surface area contributed by atoms with Crippen LogP contribution in [0.4, 0.5) is 8.78 Å². The number of morpholine rings is 1. The Kier molecular flexibility index (Phi) is 7.06. The molecule has 1 fully saturated rings. The third-order valence-corrected chi connectivity index (χ3v) is 7.07. The fourth-order valence-electron chi connectivity index (χ4n) is 4.63. The second kappa shape index (κ2) is 9.64. The van der Waals surface area contributed by atoms with E-state index in [1.54, 1.807) is 34.1 Å². The van der Waals surface area contributed by atoms with Crippen LogP contribution in [0, 0.1) is 0 Å². The van der Waals surface area contributed by atoms with Crippen molar-refractivity contribution in [1.29, 1.82) is 0 Å². The second-order valence-electron chi connectivity index (χ2n) is 8.36. The lowest BCUT2D eigenvalue weighted by Crippen LogP contribution is -2.44. The summed E-state index contributed by atoms with van der Waals surface area (Å²) < 4.78 is 35.9. The summed E-state index contributed by atoms with van der Waals surface area (Å²) in [5.74, 6) is -3.09. The van der Waals surface area contributed by atoms with Crippen molar-refractivity contribution in [1.82, 2.24) is 9.80 Å². The molecule has 0 bridgehead atoms. The SMILES string of the molecule is CC1c2cccc(C(F)(F)CN3CCOCC3)c2CCN1C(=O)Cc1c(Cl)cccc1Cl. The van der Waals surface area contributed by atoms with Gasteiger partial charge in [-0.1, -0.05) is 47.5 Å². The van der Waals surface area contributed by atoms with Gasteiger partial charge in [0, 0.05) is 35.2 Å². The second-order valence-corrected chi connectivity index (χ2v) is 9.17. The topological polar surface area (TPSA) is 32.8 Å². The molecule has 2 aromatic rings. The minimum atomic E-state index is -2.97. The summed E-state index contributed by atoms with van der Waals surface area (Å²) in [4.78, 5) is 16.6. The van der Waals surface area contributed by atoms with Gasteiger partial charge in [0.05, 0.1) is 32.2 Å². The standard InChI is InChI=1S/C24H26Cl2F2N2O2/c1-16-17-4-2-5-20(24(27,28)15-29-10-12-32-13-11-29)18(17)8-9-30(16)23(31)14-19-21(25)6-3-7-22(19)26/h2-7,16H,8-15H2,1H3. The first-order valence-electron chi connectivity index (χ1n) is 10.8. The number of hydrogen-bond donors (Lipinski definition) is 0. The average Bonchev–Trinajstić information content (AvgIpc) is 2.76. The van der Waals surface area contributed by atoms with E-state index in [1.165, 1.54) is 6.07 Å². The summed E-state index contributed by atoms with van der Waals surface area (Å²) in [6.45, 7) is 3.91. The number of ether oxygens (including phenoxy) is 1. The van der Waals surface area contributed by atoms with Gasteiger partial charge in [-0.3, -0.25) is 9.69 Å². The molecule has 1 atom stereocenters. The van der Waals surface area contributed by atoms with Crippen LogP contribution >= 0.6 is 23.2 Å². The quantitative estimate of drug-likeness (QED) is 0.593. The van der Waals surface area contributed by atoms with E-state index in [1.807, 2.05) is 13.0 Å². The zero-order valence-electron chi connectivity index (χ0n) is 17.9. The van der Waals surface area contributed by atoms with E-state index >= 15 is 8.78 Å². The highest BCUT2D eigenvalue weighted by molar-refractivity contribution is 6.36. The molecule has 4 rings (SSSR count). The van der Waals surface area contributed by atoms with Gasteiger partial charge in [-0.2, -0.15) is 8.78 Å². The smallest absolute Gasteiger partial charge is 0.285 e. The van der Waals surface area contributed by atoms with Gasteiger partial charge in [0.25, 0.3) is 5.92 Å². The molecule has 32 heavy (non-hydrogen) atoms. The Balaban J connectivity index is 1.55. The van der Waals surface area contributed by atoms with E-state index in [4.69, 9.17) is 27.9 Å². The van der Waals surface area contributed by atoms with E-state index in [9.17, 15) is 4.79 Å². The van der Waals surface area contributed by atoms with Crippen molar-refractivity contribution in [2.75, 3.05) is 39.4 Å². The van der Waals surface area contributed by atoms with Crippen LogP contribution in [0.3, 0.4) is 0 Å². The minimum absolute atomic E-state index is 0.0644. The average molecular weight is 483 g/mol. The van der Waals surface area contributed by atoms with Gasteiger partial charge < -0.3 is 9.64 Å². The predicted octanol–water partition coefficient (Wildman–Crippen LogP) is 5.11. The minimum Gasteiger partial charge on any atom is -0.379 e. The Morgan fingerprint density at radius 2 is 1.75 bits per heavy atom. The molecule has 1 amide bonds. The van der Waals surface area contributed by atoms with Crippen molar-refractivity contribution >= 4 is 29.1 Å². The van der Waals surface area contributed by atoms with Crippen molar-refractivity contribution in [3.63, 3.8) is 0 Å². The zero-order valence-corrected chi connectivity index (χ0v) is 19.4. The van der Waals surface area contributed by atoms with E-state index in [0.29, 0.717) is 60.4 Å². The number of halogens is 4. The Morgan fingerprint density at radius 3 is 2.44 bits per heavy atom. The molecular formula is C24H26Cl2F2N2O2. The Labute approximate surface area is 197 Å². The first-order valence-corrected chi connectivity index (χ1v) is 11.6. The lowest BCUT2D eigenvalue weighted by atomic mass is 9.87. The van der Waals surface area contributed by atoms with E-state index in [0.717, 1.165) is 5.56 Å². The largest absolute Gasteiger partial charge is 0.379 e. The van der Waals surface area contributed by atoms with Crippen molar-refractivity contribution < 1.29 is 18.3 Å². The lowest BCUT2D eigenvalue weighted by molar-refractivity contribution is -0.133. The van der Waals surface area contributed by atoms with Crippen LogP contribution in [-0.2, 0) is 28.3 Å². The molecule has 0 spiro atoms. The van der Waals surface area contributed by atoms with Gasteiger partial charge in [0.15, 0.2) is 0 Å². The van der Waals surface area contributed by atoms with E-state index in [-0.39, 0.29) is 30.5 Å². The Morgan fingerprint density at radius 1 is 1.09 bits per heavy atom. The van der Waals surface area contributed by atoms with Crippen molar-refractivity contribution in [3.05, 3.63) is 68.7 Å². The highest BCUT2D eigenvalue weighted by Crippen LogP contribution is 2.39. The van der Waals surface area contributed by atoms with Gasteiger partial charge in [0.1, 0.15) is 0 Å². The van der Waals surface area contributed by atoms with Crippen LogP contribution in [0.2, 0.25) is 10.0 Å². The number of hydrogen-bond acceptors (Lipinski definition) is 3. The molecule has 4 nitrogen and oxygen atoms in total. The van der Waals surface area contributed by atoms with Gasteiger partial charge in [-0.05, 0) is 42.2 Å². The number of carbonyl (C=O) groups excluding carboxylic acids is 1. The van der Waals surface area contributed by atoms with Crippen LogP contribution in [0.1, 0.15) is 35.2 Å². The van der Waals surface area contributed by atoms with E-state index < -0.39 is 5.92 Å². The molecule has 0 radical (unpaired) electrons. The van der Waals surface area contributed by atoms with Crippen LogP contribution < -0.4 is 0 Å². The molecule has 1 unspecified atom stereocenters. The van der Waals surface area contributed by atoms with Crippen LogP contribution in [0.25, 0.3) is 0 Å². The third-order valence-electron chi connectivity index (χ3n) is 6.36. The Bertz CT molecular complexity index is 976. The molecular weight excluding hydrogens is 457 g/mol. The number of amides is 1. The van der Waals surface area contributed by atoms with Crippen LogP contribution in [0.5, 0.6) is 0 Å². The maximum atomic E-state index is 15.3. The molecule has 2 aromatic carbocycles. The zero-order chi connectivity index (χ0) is 22.9. The number of nitrogens with zero attached hydrogens (tertiary/aromatic N) is 2. The summed E-state index contributed by atoms with van der Waals surface area (Å²) in [6, 6.07) is 9.85. The molecule has 0 saturated carbocycles. The molecule has 0 N–H and O–H groups in total. The summed E-state index contributed by atoms with van der Waals surface area (Å²) in [5.41, 5.74) is 2.08. The van der Waals surface area contributed by atoms with Gasteiger partial charge in [-0.25, -0.2) is 0 Å². The molecule has 2 heterocycles. The number of rotatable bonds is 5. The van der Waals surface area contributed by atoms with Gasteiger partial charge in [0.2, 0.25) is 5.91 Å². The van der Waals surface area contributed by atoms with Crippen molar-refractivity contribution in [2.45, 2.75) is 31.7 Å². The summed E-state index contributed by atoms with van der Waals surface area (Å²) >= 11 is 12.5. The normalized spacial score (nSPS) is 19.7. The van der Waals surface area contributed by atoms with Gasteiger partial charge >= 0.3 is 0 Å². The number of benzene rings is 2. The number of fused-ring (bicyclic) bond motifs is 1. The number of carbonyl (C=O) groups is 1. The lowest BCUT2D eigenvalue weighted by Gasteiger charge is -2.38. The maximum absolute atomic E-state index is 15.3. The van der Waals surface area contributed by atoms with Crippen LogP contribution in [0.15, 0.2) is 36.4 Å². The monoisotopic (exact) mass is 482 g/mol. The fourth-order valence-corrected chi connectivity index (χ4v) is 5.16. The molecule has 0 aliphatic carbocycles. The molecule has 2 aliphatic rings. The third kappa shape index (κ3) is 4.79. The van der Waals surface area contributed by atoms with E-state index in [2.05, 4.69) is 0 Å². The molecule has 8 heteroatoms. The first kappa shape index (κ1) is 23.4. The Hall–Kier alpha value is -1.73. The maximum Gasteiger partial charge on any atom is 0.285 e. The molecule has 2 aliphatic heterocycles. The van der Waals surface area contributed by atoms with Crippen molar-refractivity contribution in [2.24, 2.45) is 0 Å². The summed E-state index contributed by atoms with van der Waals surface area (Å²) in [7, 11) is 0.